The average molecular weight is 423 g/mol. The van der Waals surface area contributed by atoms with Crippen LogP contribution in [0.4, 0.5) is 0 Å². The van der Waals surface area contributed by atoms with Crippen molar-refractivity contribution >= 4 is 4.26 Å². The first kappa shape index (κ1) is 15.1. The Bertz CT molecular complexity index is 570. The molecular weight excluding hydrogens is 407 g/mol. The molecule has 0 atom stereocenters. The standard InChI is InChI=1S/C13H9.C5H5.CH2.Hf/c1-3-7-12-10(5-1)9-11-6-2-4-8-13(11)12;1-2-4-5-3-1;;/h1-5,7-8H,9H2;1-3H,4H2;1H2;/q2*-1;;+2. The van der Waals surface area contributed by atoms with E-state index in [2.05, 4.69) is 58.9 Å². The molecule has 2 aliphatic carbocycles. The minimum absolute atomic E-state index is 1.01. The van der Waals surface area contributed by atoms with Gasteiger partial charge in [-0.15, -0.1) is 12.0 Å². The third-order valence-electron chi connectivity index (χ3n) is 3.20. The number of allylic oxidation sites excluding steroid dienone is 4. The number of fused-ring (bicyclic) bond motifs is 3. The van der Waals surface area contributed by atoms with E-state index in [1.54, 1.807) is 0 Å². The summed E-state index contributed by atoms with van der Waals surface area (Å²) in [5.74, 6) is 0. The second kappa shape index (κ2) is 8.06. The molecule has 2 aromatic carbocycles. The fraction of sp³-hybridized carbons (Fsp3) is 0.105. The van der Waals surface area contributed by atoms with Crippen LogP contribution < -0.4 is 0 Å². The molecule has 0 heterocycles. The molecule has 2 aliphatic rings. The Morgan fingerprint density at radius 2 is 1.80 bits per heavy atom. The van der Waals surface area contributed by atoms with E-state index < -0.39 is 0 Å². The van der Waals surface area contributed by atoms with Crippen molar-refractivity contribution in [1.82, 2.24) is 0 Å². The van der Waals surface area contributed by atoms with Crippen LogP contribution in [0.1, 0.15) is 17.5 Å². The van der Waals surface area contributed by atoms with E-state index in [-0.39, 0.29) is 0 Å². The van der Waals surface area contributed by atoms with E-state index in [1.807, 2.05) is 18.2 Å². The molecule has 0 aliphatic heterocycles. The van der Waals surface area contributed by atoms with Crippen molar-refractivity contribution in [3.8, 4) is 11.1 Å². The SMILES string of the molecule is [C-]1=CC=CC1.[CH2]=[Hf+2].[c-]1cccc2c1Cc1ccccc1-2. The summed E-state index contributed by atoms with van der Waals surface area (Å²) in [7, 11) is 0. The molecule has 0 unspecified atom stereocenters. The summed E-state index contributed by atoms with van der Waals surface area (Å²) < 4.78 is 3.39. The number of rotatable bonds is 0. The molecule has 0 saturated carbocycles. The Morgan fingerprint density at radius 1 is 1.00 bits per heavy atom. The zero-order chi connectivity index (χ0) is 14.2. The van der Waals surface area contributed by atoms with E-state index in [9.17, 15) is 0 Å². The van der Waals surface area contributed by atoms with Crippen molar-refractivity contribution in [2.24, 2.45) is 0 Å². The fourth-order valence-electron chi connectivity index (χ4n) is 2.34. The molecule has 0 nitrogen and oxygen atoms in total. The van der Waals surface area contributed by atoms with Crippen molar-refractivity contribution in [3.05, 3.63) is 84.0 Å². The minimum atomic E-state index is 1.01. The summed E-state index contributed by atoms with van der Waals surface area (Å²) in [5, 5.41) is 0. The summed E-state index contributed by atoms with van der Waals surface area (Å²) in [6.45, 7) is 0. The van der Waals surface area contributed by atoms with Gasteiger partial charge in [0.25, 0.3) is 0 Å². The maximum absolute atomic E-state index is 3.39. The van der Waals surface area contributed by atoms with E-state index in [1.165, 1.54) is 22.3 Å². The van der Waals surface area contributed by atoms with Crippen LogP contribution in [0.5, 0.6) is 0 Å². The van der Waals surface area contributed by atoms with Gasteiger partial charge in [0.2, 0.25) is 0 Å². The maximum atomic E-state index is 3.39. The van der Waals surface area contributed by atoms with E-state index >= 15 is 0 Å². The molecule has 0 fully saturated rings. The summed E-state index contributed by atoms with van der Waals surface area (Å²) in [6.07, 6.45) is 11.0. The zero-order valence-electron chi connectivity index (χ0n) is 11.4. The van der Waals surface area contributed by atoms with E-state index in [0.717, 1.165) is 36.7 Å². The second-order valence-corrected chi connectivity index (χ2v) is 4.40. The third kappa shape index (κ3) is 3.61. The van der Waals surface area contributed by atoms with Gasteiger partial charge < -0.3 is 0 Å². The first-order valence-corrected chi connectivity index (χ1v) is 9.14. The molecule has 96 valence electrons. The van der Waals surface area contributed by atoms with Gasteiger partial charge >= 0.3 is 28.2 Å². The van der Waals surface area contributed by atoms with Gasteiger partial charge in [-0.1, -0.05) is 35.4 Å². The summed E-state index contributed by atoms with van der Waals surface area (Å²) in [6, 6.07) is 18.1. The predicted octanol–water partition coefficient (Wildman–Crippen LogP) is 4.33. The normalized spacial score (nSPS) is 12.7. The summed E-state index contributed by atoms with van der Waals surface area (Å²) in [4.78, 5) is 0. The second-order valence-electron chi connectivity index (χ2n) is 4.40. The first-order chi connectivity index (χ1) is 9.95. The van der Waals surface area contributed by atoms with Crippen molar-refractivity contribution < 1.29 is 23.9 Å². The van der Waals surface area contributed by atoms with Crippen LogP contribution in [0, 0.1) is 12.1 Å². The molecule has 0 bridgehead atoms. The summed E-state index contributed by atoms with van der Waals surface area (Å²) in [5.41, 5.74) is 5.51. The summed E-state index contributed by atoms with van der Waals surface area (Å²) >= 11 is 1.06. The van der Waals surface area contributed by atoms with Crippen LogP contribution in [0.3, 0.4) is 0 Å². The molecule has 0 amide bonds. The molecule has 20 heavy (non-hydrogen) atoms. The molecule has 0 N–H and O–H groups in total. The minimum Gasteiger partial charge on any atom is -0.179 e. The van der Waals surface area contributed by atoms with Crippen LogP contribution in [-0.2, 0) is 30.3 Å². The number of hydrogen-bond donors (Lipinski definition) is 0. The van der Waals surface area contributed by atoms with E-state index in [4.69, 9.17) is 0 Å². The smallest absolute Gasteiger partial charge is 0.0253 e. The van der Waals surface area contributed by atoms with Gasteiger partial charge in [0, 0.05) is 0 Å². The van der Waals surface area contributed by atoms with Crippen molar-refractivity contribution in [2.75, 3.05) is 0 Å². The third-order valence-corrected chi connectivity index (χ3v) is 3.20. The Morgan fingerprint density at radius 3 is 2.50 bits per heavy atom. The van der Waals surface area contributed by atoms with Gasteiger partial charge in [0.05, 0.1) is 0 Å². The van der Waals surface area contributed by atoms with Gasteiger partial charge in [-0.25, -0.2) is 12.2 Å². The van der Waals surface area contributed by atoms with Crippen LogP contribution in [0.25, 0.3) is 11.1 Å². The van der Waals surface area contributed by atoms with Gasteiger partial charge in [-0.2, -0.15) is 35.9 Å². The number of benzene rings is 2. The molecule has 2 aromatic rings. The van der Waals surface area contributed by atoms with Crippen LogP contribution in [0.2, 0.25) is 0 Å². The molecule has 0 saturated heterocycles. The Balaban J connectivity index is 0.000000177. The van der Waals surface area contributed by atoms with Crippen LogP contribution in [0.15, 0.2) is 60.7 Å². The number of hydrogen-bond acceptors (Lipinski definition) is 0. The van der Waals surface area contributed by atoms with Gasteiger partial charge in [0.15, 0.2) is 0 Å². The average Bonchev–Trinajstić information content (AvgIpc) is 3.20. The fourth-order valence-corrected chi connectivity index (χ4v) is 2.34. The van der Waals surface area contributed by atoms with Crippen LogP contribution >= 0.6 is 0 Å². The topological polar surface area (TPSA) is 0 Å². The quantitative estimate of drug-likeness (QED) is 0.374. The van der Waals surface area contributed by atoms with Crippen molar-refractivity contribution in [2.45, 2.75) is 12.8 Å². The maximum Gasteiger partial charge on any atom is -0.0253 e. The zero-order valence-corrected chi connectivity index (χ0v) is 15.0. The van der Waals surface area contributed by atoms with Gasteiger partial charge in [0.1, 0.15) is 0 Å². The molecule has 4 rings (SSSR count). The van der Waals surface area contributed by atoms with Crippen LogP contribution in [-0.4, -0.2) is 4.26 Å². The van der Waals surface area contributed by atoms with Crippen molar-refractivity contribution in [3.63, 3.8) is 0 Å². The first-order valence-electron chi connectivity index (χ1n) is 6.60. The van der Waals surface area contributed by atoms with E-state index in [0.29, 0.717) is 0 Å². The molecule has 0 spiro atoms. The van der Waals surface area contributed by atoms with Crippen molar-refractivity contribution in [1.29, 1.82) is 0 Å². The largest absolute Gasteiger partial charge is 0.179 e. The molecule has 0 aromatic heterocycles. The Labute approximate surface area is 135 Å². The molecule has 1 heteroatoms. The van der Waals surface area contributed by atoms with Gasteiger partial charge in [-0.3, -0.25) is 6.08 Å². The Kier molecular flexibility index (Phi) is 6.07. The predicted molar refractivity (Wildman–Crippen MR) is 82.2 cm³/mol. The molecule has 0 radical (unpaired) electrons. The molecular formula is C19H16Hf. The van der Waals surface area contributed by atoms with Gasteiger partial charge in [-0.05, 0) is 6.42 Å². The Hall–Kier alpha value is -1.34. The monoisotopic (exact) mass is 424 g/mol.